The standard InChI is InChI=1S/C9H14N2O3S/c1-2-5-15-6-7-10-8(14-11-7)3-4-9(12)13/h2-6H2,1H3,(H,12,13). The van der Waals surface area contributed by atoms with E-state index in [1.807, 2.05) is 0 Å². The zero-order valence-electron chi connectivity index (χ0n) is 8.60. The third kappa shape index (κ3) is 4.83. The Morgan fingerprint density at radius 3 is 3.07 bits per heavy atom. The molecule has 0 bridgehead atoms. The lowest BCUT2D eigenvalue weighted by molar-refractivity contribution is -0.137. The summed E-state index contributed by atoms with van der Waals surface area (Å²) in [5.41, 5.74) is 0. The van der Waals surface area contributed by atoms with Crippen LogP contribution in [0.15, 0.2) is 4.52 Å². The normalized spacial score (nSPS) is 10.5. The van der Waals surface area contributed by atoms with Crippen molar-refractivity contribution in [2.24, 2.45) is 0 Å². The SMILES string of the molecule is CCCSCc1noc(CCC(=O)O)n1. The summed E-state index contributed by atoms with van der Waals surface area (Å²) in [6, 6.07) is 0. The summed E-state index contributed by atoms with van der Waals surface area (Å²) in [4.78, 5) is 14.4. The molecule has 0 saturated heterocycles. The molecule has 0 fully saturated rings. The van der Waals surface area contributed by atoms with Crippen LogP contribution in [0.2, 0.25) is 0 Å². The van der Waals surface area contributed by atoms with Crippen LogP contribution in [0.25, 0.3) is 0 Å². The van der Waals surface area contributed by atoms with Crippen molar-refractivity contribution in [3.8, 4) is 0 Å². The average Bonchev–Trinajstić information content (AvgIpc) is 2.63. The molecule has 84 valence electrons. The van der Waals surface area contributed by atoms with Gasteiger partial charge in [-0.15, -0.1) is 0 Å². The smallest absolute Gasteiger partial charge is 0.303 e. The molecular weight excluding hydrogens is 216 g/mol. The number of aromatic nitrogens is 2. The summed E-state index contributed by atoms with van der Waals surface area (Å²) >= 11 is 1.74. The van der Waals surface area contributed by atoms with Crippen LogP contribution >= 0.6 is 11.8 Å². The molecule has 0 aromatic carbocycles. The van der Waals surface area contributed by atoms with Crippen molar-refractivity contribution in [1.82, 2.24) is 10.1 Å². The minimum absolute atomic E-state index is 0.0315. The second-order valence-electron chi connectivity index (χ2n) is 3.05. The predicted octanol–water partition coefficient (Wildman–Crippen LogP) is 1.73. The summed E-state index contributed by atoms with van der Waals surface area (Å²) in [6.07, 6.45) is 1.46. The highest BCUT2D eigenvalue weighted by Gasteiger charge is 2.07. The highest BCUT2D eigenvalue weighted by Crippen LogP contribution is 2.10. The lowest BCUT2D eigenvalue weighted by Gasteiger charge is -1.91. The summed E-state index contributed by atoms with van der Waals surface area (Å²) in [5.74, 6) is 2.00. The van der Waals surface area contributed by atoms with Crippen molar-refractivity contribution in [3.05, 3.63) is 11.7 Å². The molecule has 0 aliphatic heterocycles. The van der Waals surface area contributed by atoms with E-state index in [-0.39, 0.29) is 6.42 Å². The molecule has 1 aromatic heterocycles. The van der Waals surface area contributed by atoms with Crippen LogP contribution in [0.1, 0.15) is 31.5 Å². The van der Waals surface area contributed by atoms with Gasteiger partial charge in [0.15, 0.2) is 5.82 Å². The van der Waals surface area contributed by atoms with Gasteiger partial charge in [-0.2, -0.15) is 16.7 Å². The zero-order chi connectivity index (χ0) is 11.1. The van der Waals surface area contributed by atoms with E-state index in [0.717, 1.165) is 17.9 Å². The quantitative estimate of drug-likeness (QED) is 0.719. The molecule has 15 heavy (non-hydrogen) atoms. The summed E-state index contributed by atoms with van der Waals surface area (Å²) in [7, 11) is 0. The van der Waals surface area contributed by atoms with Gasteiger partial charge in [0, 0.05) is 6.42 Å². The highest BCUT2D eigenvalue weighted by atomic mass is 32.2. The fourth-order valence-electron chi connectivity index (χ4n) is 0.972. The van der Waals surface area contributed by atoms with E-state index >= 15 is 0 Å². The third-order valence-corrected chi connectivity index (χ3v) is 2.80. The summed E-state index contributed by atoms with van der Waals surface area (Å²) in [5, 5.41) is 12.2. The molecule has 1 rings (SSSR count). The molecule has 0 unspecified atom stereocenters. The number of carboxylic acids is 1. The molecule has 0 aliphatic carbocycles. The Labute approximate surface area is 92.2 Å². The van der Waals surface area contributed by atoms with Gasteiger partial charge in [-0.05, 0) is 12.2 Å². The molecule has 5 nitrogen and oxygen atoms in total. The molecule has 0 spiro atoms. The number of carbonyl (C=O) groups is 1. The van der Waals surface area contributed by atoms with Gasteiger partial charge in [-0.1, -0.05) is 12.1 Å². The summed E-state index contributed by atoms with van der Waals surface area (Å²) in [6.45, 7) is 2.11. The first kappa shape index (κ1) is 12.0. The Kier molecular flexibility index (Phi) is 5.17. The van der Waals surface area contributed by atoms with Gasteiger partial charge in [0.05, 0.1) is 12.2 Å². The van der Waals surface area contributed by atoms with Gasteiger partial charge >= 0.3 is 5.97 Å². The average molecular weight is 230 g/mol. The molecule has 0 aliphatic rings. The van der Waals surface area contributed by atoms with Gasteiger partial charge < -0.3 is 9.63 Å². The highest BCUT2D eigenvalue weighted by molar-refractivity contribution is 7.98. The number of aliphatic carboxylic acids is 1. The van der Waals surface area contributed by atoms with E-state index in [0.29, 0.717) is 18.1 Å². The summed E-state index contributed by atoms with van der Waals surface area (Å²) < 4.78 is 4.91. The van der Waals surface area contributed by atoms with Crippen LogP contribution in [0.4, 0.5) is 0 Å². The monoisotopic (exact) mass is 230 g/mol. The molecule has 1 aromatic rings. The Hall–Kier alpha value is -1.04. The number of hydrogen-bond acceptors (Lipinski definition) is 5. The Bertz CT molecular complexity index is 314. The number of hydrogen-bond donors (Lipinski definition) is 1. The number of carboxylic acid groups (broad SMARTS) is 1. The largest absolute Gasteiger partial charge is 0.481 e. The van der Waals surface area contributed by atoms with Crippen molar-refractivity contribution < 1.29 is 14.4 Å². The lowest BCUT2D eigenvalue weighted by atomic mass is 10.3. The van der Waals surface area contributed by atoms with Gasteiger partial charge in [-0.3, -0.25) is 4.79 Å². The molecular formula is C9H14N2O3S. The molecule has 0 amide bonds. The van der Waals surface area contributed by atoms with Crippen molar-refractivity contribution in [3.63, 3.8) is 0 Å². The molecule has 0 atom stereocenters. The predicted molar refractivity (Wildman–Crippen MR) is 56.7 cm³/mol. The van der Waals surface area contributed by atoms with E-state index in [4.69, 9.17) is 9.63 Å². The number of nitrogens with zero attached hydrogens (tertiary/aromatic N) is 2. The number of thioether (sulfide) groups is 1. The van der Waals surface area contributed by atoms with Gasteiger partial charge in [0.2, 0.25) is 5.89 Å². The molecule has 1 heterocycles. The fraction of sp³-hybridized carbons (Fsp3) is 0.667. The molecule has 1 N–H and O–H groups in total. The minimum atomic E-state index is -0.852. The van der Waals surface area contributed by atoms with Gasteiger partial charge in [0.1, 0.15) is 0 Å². The van der Waals surface area contributed by atoms with E-state index < -0.39 is 5.97 Å². The number of rotatable bonds is 7. The lowest BCUT2D eigenvalue weighted by Crippen LogP contribution is -1.97. The van der Waals surface area contributed by atoms with Crippen LogP contribution in [-0.4, -0.2) is 27.0 Å². The second kappa shape index (κ2) is 6.44. The topological polar surface area (TPSA) is 76.2 Å². The fourth-order valence-corrected chi connectivity index (χ4v) is 1.70. The van der Waals surface area contributed by atoms with Gasteiger partial charge in [-0.25, -0.2) is 0 Å². The van der Waals surface area contributed by atoms with Crippen LogP contribution in [0, 0.1) is 0 Å². The molecule has 0 radical (unpaired) electrons. The maximum Gasteiger partial charge on any atom is 0.303 e. The van der Waals surface area contributed by atoms with Crippen LogP contribution in [0.5, 0.6) is 0 Å². The molecule has 6 heteroatoms. The Morgan fingerprint density at radius 2 is 2.40 bits per heavy atom. The van der Waals surface area contributed by atoms with E-state index in [9.17, 15) is 4.79 Å². The molecule has 0 saturated carbocycles. The van der Waals surface area contributed by atoms with Crippen molar-refractivity contribution >= 4 is 17.7 Å². The van der Waals surface area contributed by atoms with Gasteiger partial charge in [0.25, 0.3) is 0 Å². The zero-order valence-corrected chi connectivity index (χ0v) is 9.42. The Morgan fingerprint density at radius 1 is 1.60 bits per heavy atom. The van der Waals surface area contributed by atoms with E-state index in [1.54, 1.807) is 11.8 Å². The van der Waals surface area contributed by atoms with Crippen molar-refractivity contribution in [2.75, 3.05) is 5.75 Å². The second-order valence-corrected chi connectivity index (χ2v) is 4.16. The maximum atomic E-state index is 10.3. The van der Waals surface area contributed by atoms with Crippen LogP contribution in [0.3, 0.4) is 0 Å². The maximum absolute atomic E-state index is 10.3. The number of aryl methyl sites for hydroxylation is 1. The first-order chi connectivity index (χ1) is 7.22. The van der Waals surface area contributed by atoms with Crippen molar-refractivity contribution in [2.45, 2.75) is 31.9 Å². The third-order valence-electron chi connectivity index (χ3n) is 1.64. The van der Waals surface area contributed by atoms with Crippen LogP contribution < -0.4 is 0 Å². The Balaban J connectivity index is 2.32. The minimum Gasteiger partial charge on any atom is -0.481 e. The first-order valence-electron chi connectivity index (χ1n) is 4.83. The van der Waals surface area contributed by atoms with Crippen molar-refractivity contribution in [1.29, 1.82) is 0 Å². The van der Waals surface area contributed by atoms with E-state index in [2.05, 4.69) is 17.1 Å². The van der Waals surface area contributed by atoms with E-state index in [1.165, 1.54) is 0 Å². The first-order valence-corrected chi connectivity index (χ1v) is 5.99. The van der Waals surface area contributed by atoms with Crippen LogP contribution in [-0.2, 0) is 17.0 Å².